The number of hydrogen-bond donors (Lipinski definition) is 0. The standard InChI is InChI=1S/C22H27ClN2O2/c1-4-5-6-7-18(3)21(26)10-11-22(27)25-14-12-24(13-15-25)20-16-19(23)9-8-17(20)2/h4-9,16H,1,10-15H2,2-3H3/b6-5-,18-7+. The molecule has 1 aliphatic rings. The van der Waals surface area contributed by atoms with E-state index in [1.807, 2.05) is 23.1 Å². The van der Waals surface area contributed by atoms with Crippen molar-refractivity contribution in [1.82, 2.24) is 4.90 Å². The van der Waals surface area contributed by atoms with Crippen molar-refractivity contribution >= 4 is 29.0 Å². The summed E-state index contributed by atoms with van der Waals surface area (Å²) in [5.74, 6) is 0.0468. The number of Topliss-reactive ketones (excluding diaryl/α,β-unsaturated/α-hetero) is 1. The van der Waals surface area contributed by atoms with Gasteiger partial charge in [0.05, 0.1) is 0 Å². The first kappa shape index (κ1) is 21.0. The highest BCUT2D eigenvalue weighted by Gasteiger charge is 2.22. The first-order valence-corrected chi connectivity index (χ1v) is 9.58. The lowest BCUT2D eigenvalue weighted by molar-refractivity contribution is -0.133. The van der Waals surface area contributed by atoms with Gasteiger partial charge in [0, 0.05) is 49.7 Å². The van der Waals surface area contributed by atoms with Gasteiger partial charge in [-0.15, -0.1) is 0 Å². The van der Waals surface area contributed by atoms with Crippen LogP contribution in [0, 0.1) is 6.92 Å². The van der Waals surface area contributed by atoms with Gasteiger partial charge in [-0.1, -0.05) is 48.6 Å². The molecule has 2 rings (SSSR count). The lowest BCUT2D eigenvalue weighted by Crippen LogP contribution is -2.49. The highest BCUT2D eigenvalue weighted by molar-refractivity contribution is 6.30. The first-order valence-electron chi connectivity index (χ1n) is 9.20. The van der Waals surface area contributed by atoms with Crippen LogP contribution in [0.1, 0.15) is 25.3 Å². The molecule has 5 heteroatoms. The van der Waals surface area contributed by atoms with Crippen LogP contribution in [0.5, 0.6) is 0 Å². The Kier molecular flexibility index (Phi) is 7.86. The summed E-state index contributed by atoms with van der Waals surface area (Å²) in [6, 6.07) is 5.88. The molecule has 0 aromatic heterocycles. The van der Waals surface area contributed by atoms with E-state index in [0.29, 0.717) is 18.7 Å². The second-order valence-corrected chi connectivity index (χ2v) is 7.13. The van der Waals surface area contributed by atoms with Crippen LogP contribution < -0.4 is 4.90 Å². The Morgan fingerprint density at radius 1 is 1.15 bits per heavy atom. The molecule has 0 N–H and O–H groups in total. The number of ketones is 1. The lowest BCUT2D eigenvalue weighted by Gasteiger charge is -2.37. The van der Waals surface area contributed by atoms with Crippen molar-refractivity contribution in [2.75, 3.05) is 31.1 Å². The molecule has 1 fully saturated rings. The second kappa shape index (κ2) is 10.1. The number of carbonyl (C=O) groups is 2. The number of aryl methyl sites for hydroxylation is 1. The predicted octanol–water partition coefficient (Wildman–Crippen LogP) is 4.33. The molecular formula is C22H27ClN2O2. The molecule has 27 heavy (non-hydrogen) atoms. The number of rotatable bonds is 7. The van der Waals surface area contributed by atoms with Gasteiger partial charge in [-0.25, -0.2) is 0 Å². The first-order chi connectivity index (χ1) is 12.9. The molecule has 0 aliphatic carbocycles. The van der Waals surface area contributed by atoms with Crippen molar-refractivity contribution in [1.29, 1.82) is 0 Å². The lowest BCUT2D eigenvalue weighted by atomic mass is 10.1. The Bertz CT molecular complexity index is 760. The van der Waals surface area contributed by atoms with Crippen LogP contribution >= 0.6 is 11.6 Å². The molecule has 4 nitrogen and oxygen atoms in total. The van der Waals surface area contributed by atoms with E-state index >= 15 is 0 Å². The highest BCUT2D eigenvalue weighted by atomic mass is 35.5. The van der Waals surface area contributed by atoms with E-state index in [1.54, 1.807) is 31.2 Å². The number of carbonyl (C=O) groups excluding carboxylic acids is 2. The number of anilines is 1. The van der Waals surface area contributed by atoms with Gasteiger partial charge in [-0.2, -0.15) is 0 Å². The molecule has 1 aromatic rings. The minimum absolute atomic E-state index is 0.00486. The molecule has 0 unspecified atom stereocenters. The maximum Gasteiger partial charge on any atom is 0.223 e. The molecule has 1 saturated heterocycles. The molecule has 0 saturated carbocycles. The van der Waals surface area contributed by atoms with Gasteiger partial charge in [0.2, 0.25) is 5.91 Å². The summed E-state index contributed by atoms with van der Waals surface area (Å²) in [5.41, 5.74) is 2.96. The third kappa shape index (κ3) is 6.10. The Morgan fingerprint density at radius 3 is 2.52 bits per heavy atom. The van der Waals surface area contributed by atoms with Gasteiger partial charge < -0.3 is 9.80 Å². The normalized spacial score (nSPS) is 15.3. The molecule has 0 radical (unpaired) electrons. The molecule has 1 aliphatic heterocycles. The van der Waals surface area contributed by atoms with Crippen LogP contribution in [-0.2, 0) is 9.59 Å². The highest BCUT2D eigenvalue weighted by Crippen LogP contribution is 2.25. The maximum absolute atomic E-state index is 12.4. The topological polar surface area (TPSA) is 40.6 Å². The summed E-state index contributed by atoms with van der Waals surface area (Å²) in [6.07, 6.45) is 7.45. The third-order valence-electron chi connectivity index (χ3n) is 4.74. The minimum atomic E-state index is 0.00486. The molecule has 1 aromatic carbocycles. The zero-order valence-corrected chi connectivity index (χ0v) is 16.8. The molecule has 144 valence electrons. The van der Waals surface area contributed by atoms with Crippen LogP contribution in [0.4, 0.5) is 5.69 Å². The molecule has 1 heterocycles. The summed E-state index contributed by atoms with van der Waals surface area (Å²) >= 11 is 6.11. The van der Waals surface area contributed by atoms with Gasteiger partial charge in [0.25, 0.3) is 0 Å². The van der Waals surface area contributed by atoms with Gasteiger partial charge >= 0.3 is 0 Å². The summed E-state index contributed by atoms with van der Waals surface area (Å²) in [4.78, 5) is 28.7. The average Bonchev–Trinajstić information content (AvgIpc) is 2.68. The summed E-state index contributed by atoms with van der Waals surface area (Å²) < 4.78 is 0. The maximum atomic E-state index is 12.4. The van der Waals surface area contributed by atoms with Crippen molar-refractivity contribution in [2.45, 2.75) is 26.7 Å². The van der Waals surface area contributed by atoms with E-state index in [9.17, 15) is 9.59 Å². The molecule has 1 amide bonds. The van der Waals surface area contributed by atoms with Crippen LogP contribution in [0.2, 0.25) is 5.02 Å². The number of allylic oxidation sites excluding steroid dienone is 5. The van der Waals surface area contributed by atoms with Crippen molar-refractivity contribution in [2.24, 2.45) is 0 Å². The van der Waals surface area contributed by atoms with Gasteiger partial charge in [0.15, 0.2) is 5.78 Å². The van der Waals surface area contributed by atoms with Gasteiger partial charge in [0.1, 0.15) is 0 Å². The predicted molar refractivity (Wildman–Crippen MR) is 112 cm³/mol. The van der Waals surface area contributed by atoms with Crippen LogP contribution in [0.25, 0.3) is 0 Å². The van der Waals surface area contributed by atoms with Crippen molar-refractivity contribution in [3.63, 3.8) is 0 Å². The van der Waals surface area contributed by atoms with Crippen molar-refractivity contribution < 1.29 is 9.59 Å². The quantitative estimate of drug-likeness (QED) is 0.517. The second-order valence-electron chi connectivity index (χ2n) is 6.69. The summed E-state index contributed by atoms with van der Waals surface area (Å²) in [7, 11) is 0. The third-order valence-corrected chi connectivity index (χ3v) is 4.98. The van der Waals surface area contributed by atoms with E-state index in [2.05, 4.69) is 18.4 Å². The number of nitrogens with zero attached hydrogens (tertiary/aromatic N) is 2. The van der Waals surface area contributed by atoms with E-state index < -0.39 is 0 Å². The molecule has 0 spiro atoms. The fourth-order valence-electron chi connectivity index (χ4n) is 3.07. The fraction of sp³-hybridized carbons (Fsp3) is 0.364. The average molecular weight is 387 g/mol. The monoisotopic (exact) mass is 386 g/mol. The number of amides is 1. The Morgan fingerprint density at radius 2 is 1.85 bits per heavy atom. The van der Waals surface area contributed by atoms with E-state index in [0.717, 1.165) is 23.8 Å². The number of hydrogen-bond acceptors (Lipinski definition) is 3. The zero-order chi connectivity index (χ0) is 19.8. The Labute approximate surface area is 166 Å². The summed E-state index contributed by atoms with van der Waals surface area (Å²) in [6.45, 7) is 10.3. The van der Waals surface area contributed by atoms with Crippen molar-refractivity contribution in [3.8, 4) is 0 Å². The molecule has 0 bridgehead atoms. The molecular weight excluding hydrogens is 360 g/mol. The zero-order valence-electron chi connectivity index (χ0n) is 16.1. The number of piperazine rings is 1. The number of benzene rings is 1. The fourth-order valence-corrected chi connectivity index (χ4v) is 3.23. The largest absolute Gasteiger partial charge is 0.368 e. The van der Waals surface area contributed by atoms with Crippen LogP contribution in [0.3, 0.4) is 0 Å². The van der Waals surface area contributed by atoms with Crippen LogP contribution in [-0.4, -0.2) is 42.8 Å². The minimum Gasteiger partial charge on any atom is -0.368 e. The van der Waals surface area contributed by atoms with E-state index in [4.69, 9.17) is 11.6 Å². The van der Waals surface area contributed by atoms with Crippen LogP contribution in [0.15, 0.2) is 54.7 Å². The SMILES string of the molecule is C=C/C=C\C=C(/C)C(=O)CCC(=O)N1CCN(c2cc(Cl)ccc2C)CC1. The van der Waals surface area contributed by atoms with Gasteiger partial charge in [-0.3, -0.25) is 9.59 Å². The van der Waals surface area contributed by atoms with E-state index in [-0.39, 0.29) is 24.5 Å². The Balaban J connectivity index is 1.83. The van der Waals surface area contributed by atoms with Gasteiger partial charge in [-0.05, 0) is 37.1 Å². The smallest absolute Gasteiger partial charge is 0.223 e. The van der Waals surface area contributed by atoms with Crippen molar-refractivity contribution in [3.05, 3.63) is 65.2 Å². The Hall–Kier alpha value is -2.33. The van der Waals surface area contributed by atoms with E-state index in [1.165, 1.54) is 5.56 Å². The molecule has 0 atom stereocenters. The number of halogens is 1. The summed E-state index contributed by atoms with van der Waals surface area (Å²) in [5, 5.41) is 0.721.